The Bertz CT molecular complexity index is 313. The van der Waals surface area contributed by atoms with Crippen molar-refractivity contribution in [1.29, 1.82) is 0 Å². The summed E-state index contributed by atoms with van der Waals surface area (Å²) < 4.78 is 5.29. The van der Waals surface area contributed by atoms with E-state index < -0.39 is 5.60 Å². The molecule has 0 spiro atoms. The van der Waals surface area contributed by atoms with Crippen molar-refractivity contribution in [2.24, 2.45) is 11.8 Å². The first kappa shape index (κ1) is 15.0. The fourth-order valence-corrected chi connectivity index (χ4v) is 1.98. The Kier molecular flexibility index (Phi) is 4.77. The second kappa shape index (κ2) is 5.72. The molecule has 4 heteroatoms. The van der Waals surface area contributed by atoms with Gasteiger partial charge in [0.2, 0.25) is 5.91 Å². The summed E-state index contributed by atoms with van der Waals surface area (Å²) in [6.07, 6.45) is 3.39. The van der Waals surface area contributed by atoms with Gasteiger partial charge in [-0.25, -0.2) is 0 Å². The Hall–Kier alpha value is -1.06. The minimum Gasteiger partial charge on any atom is -0.460 e. The third-order valence-electron chi connectivity index (χ3n) is 2.94. The number of carbonyl (C=O) groups is 2. The number of hydrogen-bond donors (Lipinski definition) is 0. The van der Waals surface area contributed by atoms with Gasteiger partial charge in [0.1, 0.15) is 5.60 Å². The fraction of sp³-hybridized carbons (Fsp3) is 0.857. The lowest BCUT2D eigenvalue weighted by Crippen LogP contribution is -2.33. The molecule has 0 aromatic rings. The summed E-state index contributed by atoms with van der Waals surface area (Å²) in [5.74, 6) is 0.166. The Labute approximate surface area is 110 Å². The van der Waals surface area contributed by atoms with E-state index in [9.17, 15) is 9.59 Å². The lowest BCUT2D eigenvalue weighted by atomic mass is 9.97. The third-order valence-corrected chi connectivity index (χ3v) is 2.94. The van der Waals surface area contributed by atoms with E-state index in [0.29, 0.717) is 5.92 Å². The second-order valence-corrected chi connectivity index (χ2v) is 6.40. The summed E-state index contributed by atoms with van der Waals surface area (Å²) in [4.78, 5) is 25.4. The summed E-state index contributed by atoms with van der Waals surface area (Å²) in [5, 5.41) is 0. The molecule has 1 aliphatic rings. The molecule has 0 aromatic carbocycles. The van der Waals surface area contributed by atoms with Crippen LogP contribution in [0.3, 0.4) is 0 Å². The number of nitrogens with zero attached hydrogens (tertiary/aromatic N) is 1. The molecule has 0 saturated heterocycles. The van der Waals surface area contributed by atoms with Crippen LogP contribution in [0.25, 0.3) is 0 Å². The molecular weight excluding hydrogens is 230 g/mol. The maximum Gasteiger partial charge on any atom is 0.307 e. The van der Waals surface area contributed by atoms with Gasteiger partial charge in [0, 0.05) is 20.0 Å². The maximum atomic E-state index is 12.0. The molecule has 18 heavy (non-hydrogen) atoms. The molecule has 1 fully saturated rings. The quantitative estimate of drug-likeness (QED) is 0.708. The van der Waals surface area contributed by atoms with Crippen molar-refractivity contribution < 1.29 is 14.3 Å². The van der Waals surface area contributed by atoms with E-state index >= 15 is 0 Å². The molecule has 0 heterocycles. The van der Waals surface area contributed by atoms with Crippen molar-refractivity contribution in [3.63, 3.8) is 0 Å². The van der Waals surface area contributed by atoms with Crippen molar-refractivity contribution >= 4 is 11.9 Å². The van der Waals surface area contributed by atoms with Gasteiger partial charge in [-0.15, -0.1) is 0 Å². The molecule has 104 valence electrons. The van der Waals surface area contributed by atoms with Crippen LogP contribution in [0.1, 0.15) is 46.5 Å². The maximum absolute atomic E-state index is 12.0. The van der Waals surface area contributed by atoms with E-state index in [4.69, 9.17) is 4.74 Å². The largest absolute Gasteiger partial charge is 0.460 e. The Balaban J connectivity index is 2.54. The van der Waals surface area contributed by atoms with Crippen molar-refractivity contribution in [2.75, 3.05) is 14.1 Å². The van der Waals surface area contributed by atoms with Crippen LogP contribution in [0.5, 0.6) is 0 Å². The molecule has 0 N–H and O–H groups in total. The molecule has 1 rings (SSSR count). The van der Waals surface area contributed by atoms with Crippen LogP contribution in [0, 0.1) is 11.8 Å². The van der Waals surface area contributed by atoms with Crippen LogP contribution in [-0.2, 0) is 14.3 Å². The number of ether oxygens (including phenoxy) is 1. The molecule has 0 aromatic heterocycles. The smallest absolute Gasteiger partial charge is 0.307 e. The van der Waals surface area contributed by atoms with Gasteiger partial charge in [0.05, 0.1) is 6.42 Å². The number of rotatable bonds is 5. The molecule has 4 nitrogen and oxygen atoms in total. The minimum atomic E-state index is -0.484. The monoisotopic (exact) mass is 255 g/mol. The topological polar surface area (TPSA) is 46.6 Å². The SMILES string of the molecule is CN(C)C(=O)[C@@H](CC(=O)OC(C)(C)C)CC1CC1. The van der Waals surface area contributed by atoms with Crippen LogP contribution in [0.4, 0.5) is 0 Å². The number of carbonyl (C=O) groups excluding carboxylic acids is 2. The second-order valence-electron chi connectivity index (χ2n) is 6.40. The van der Waals surface area contributed by atoms with Crippen LogP contribution >= 0.6 is 0 Å². The van der Waals surface area contributed by atoms with E-state index in [1.807, 2.05) is 20.8 Å². The van der Waals surface area contributed by atoms with Gasteiger partial charge in [0.15, 0.2) is 0 Å². The summed E-state index contributed by atoms with van der Waals surface area (Å²) >= 11 is 0. The molecule has 1 atom stereocenters. The van der Waals surface area contributed by atoms with E-state index in [2.05, 4.69) is 0 Å². The van der Waals surface area contributed by atoms with E-state index in [0.717, 1.165) is 6.42 Å². The number of amides is 1. The molecule has 0 radical (unpaired) electrons. The highest BCUT2D eigenvalue weighted by Gasteiger charge is 2.32. The van der Waals surface area contributed by atoms with Crippen molar-refractivity contribution in [3.05, 3.63) is 0 Å². The zero-order chi connectivity index (χ0) is 13.9. The van der Waals surface area contributed by atoms with Crippen molar-refractivity contribution in [2.45, 2.75) is 52.1 Å². The first-order valence-corrected chi connectivity index (χ1v) is 6.62. The zero-order valence-electron chi connectivity index (χ0n) is 12.2. The molecule has 1 saturated carbocycles. The van der Waals surface area contributed by atoms with Crippen LogP contribution in [0.2, 0.25) is 0 Å². The van der Waals surface area contributed by atoms with E-state index in [1.54, 1.807) is 19.0 Å². The van der Waals surface area contributed by atoms with Crippen LogP contribution < -0.4 is 0 Å². The van der Waals surface area contributed by atoms with Gasteiger partial charge in [-0.1, -0.05) is 12.8 Å². The van der Waals surface area contributed by atoms with E-state index in [1.165, 1.54) is 12.8 Å². The number of esters is 1. The summed E-state index contributed by atoms with van der Waals surface area (Å²) in [5.41, 5.74) is -0.484. The highest BCUT2D eigenvalue weighted by atomic mass is 16.6. The Morgan fingerprint density at radius 2 is 1.83 bits per heavy atom. The van der Waals surface area contributed by atoms with Gasteiger partial charge < -0.3 is 9.64 Å². The molecule has 0 bridgehead atoms. The van der Waals surface area contributed by atoms with Gasteiger partial charge in [0.25, 0.3) is 0 Å². The fourth-order valence-electron chi connectivity index (χ4n) is 1.98. The van der Waals surface area contributed by atoms with Crippen LogP contribution in [0.15, 0.2) is 0 Å². The first-order chi connectivity index (χ1) is 8.19. The normalized spacial score (nSPS) is 17.2. The molecule has 0 unspecified atom stereocenters. The third kappa shape index (κ3) is 5.52. The van der Waals surface area contributed by atoms with Crippen molar-refractivity contribution in [1.82, 2.24) is 4.90 Å². The lowest BCUT2D eigenvalue weighted by Gasteiger charge is -2.23. The summed E-state index contributed by atoms with van der Waals surface area (Å²) in [6, 6.07) is 0. The summed E-state index contributed by atoms with van der Waals surface area (Å²) in [6.45, 7) is 5.53. The van der Waals surface area contributed by atoms with Gasteiger partial charge in [-0.3, -0.25) is 9.59 Å². The van der Waals surface area contributed by atoms with Crippen LogP contribution in [-0.4, -0.2) is 36.5 Å². The van der Waals surface area contributed by atoms with Gasteiger partial charge in [-0.2, -0.15) is 0 Å². The molecule has 1 aliphatic carbocycles. The Morgan fingerprint density at radius 1 is 1.28 bits per heavy atom. The van der Waals surface area contributed by atoms with E-state index in [-0.39, 0.29) is 24.2 Å². The minimum absolute atomic E-state index is 0.0350. The predicted octanol–water partition coefficient (Wildman–Crippen LogP) is 2.22. The molecule has 1 amide bonds. The standard InChI is InChI=1S/C14H25NO3/c1-14(2,3)18-12(16)9-11(8-10-6-7-10)13(17)15(4)5/h10-11H,6-9H2,1-5H3/t11-/m1/s1. The molecular formula is C14H25NO3. The summed E-state index contributed by atoms with van der Waals surface area (Å²) in [7, 11) is 3.47. The highest BCUT2D eigenvalue weighted by Crippen LogP contribution is 2.36. The average molecular weight is 255 g/mol. The molecule has 0 aliphatic heterocycles. The lowest BCUT2D eigenvalue weighted by molar-refractivity contribution is -0.158. The van der Waals surface area contributed by atoms with Gasteiger partial charge in [-0.05, 0) is 33.1 Å². The van der Waals surface area contributed by atoms with Gasteiger partial charge >= 0.3 is 5.97 Å². The highest BCUT2D eigenvalue weighted by molar-refractivity contribution is 5.83. The first-order valence-electron chi connectivity index (χ1n) is 6.62. The average Bonchev–Trinajstić information content (AvgIpc) is 2.96. The Morgan fingerprint density at radius 3 is 2.22 bits per heavy atom. The predicted molar refractivity (Wildman–Crippen MR) is 70.0 cm³/mol. The zero-order valence-corrected chi connectivity index (χ0v) is 12.2. The number of hydrogen-bond acceptors (Lipinski definition) is 3. The van der Waals surface area contributed by atoms with Crippen molar-refractivity contribution in [3.8, 4) is 0 Å².